The molecular weight excluding hydrogens is 536 g/mol. The van der Waals surface area contributed by atoms with Crippen LogP contribution in [0.4, 0.5) is 15.9 Å². The van der Waals surface area contributed by atoms with E-state index in [1.807, 2.05) is 31.4 Å². The Kier molecular flexibility index (Phi) is 8.80. The number of hydrogen-bond donors (Lipinski definition) is 2. The van der Waals surface area contributed by atoms with Crippen LogP contribution in [0, 0.1) is 5.82 Å². The van der Waals surface area contributed by atoms with E-state index in [0.29, 0.717) is 19.0 Å². The summed E-state index contributed by atoms with van der Waals surface area (Å²) in [7, 11) is 3.60. The number of piperazine rings is 1. The fourth-order valence-corrected chi connectivity index (χ4v) is 3.64. The second-order valence-electron chi connectivity index (χ2n) is 7.55. The summed E-state index contributed by atoms with van der Waals surface area (Å²) in [6.45, 7) is 4.63. The van der Waals surface area contributed by atoms with E-state index in [0.717, 1.165) is 49.1 Å². The molecule has 1 aliphatic heterocycles. The van der Waals surface area contributed by atoms with Gasteiger partial charge in [-0.1, -0.05) is 0 Å². The molecule has 0 bridgehead atoms. The van der Waals surface area contributed by atoms with Gasteiger partial charge in [0, 0.05) is 58.7 Å². The molecule has 0 radical (unpaired) electrons. The number of aromatic nitrogens is 4. The van der Waals surface area contributed by atoms with Crippen molar-refractivity contribution in [1.29, 1.82) is 0 Å². The molecule has 3 heterocycles. The van der Waals surface area contributed by atoms with Crippen LogP contribution < -0.4 is 20.4 Å². The van der Waals surface area contributed by atoms with Crippen LogP contribution >= 0.6 is 24.0 Å². The second-order valence-corrected chi connectivity index (χ2v) is 7.55. The van der Waals surface area contributed by atoms with Gasteiger partial charge in [-0.05, 0) is 42.0 Å². The molecule has 0 saturated carbocycles. The van der Waals surface area contributed by atoms with Crippen molar-refractivity contribution in [3.05, 3.63) is 66.1 Å². The van der Waals surface area contributed by atoms with Gasteiger partial charge in [-0.2, -0.15) is 5.10 Å². The minimum absolute atomic E-state index is 0. The quantitative estimate of drug-likeness (QED) is 0.269. The lowest BCUT2D eigenvalue weighted by molar-refractivity contribution is 0.624. The fraction of sp³-hybridized carbons (Fsp3) is 0.364. The highest BCUT2D eigenvalue weighted by Gasteiger charge is 2.18. The number of benzene rings is 1. The smallest absolute Gasteiger partial charge is 0.191 e. The lowest BCUT2D eigenvalue weighted by atomic mass is 10.2. The molecule has 11 heteroatoms. The molecule has 1 aliphatic rings. The van der Waals surface area contributed by atoms with Gasteiger partial charge in [0.15, 0.2) is 5.96 Å². The molecule has 2 N–H and O–H groups in total. The maximum Gasteiger partial charge on any atom is 0.191 e. The molecule has 1 saturated heterocycles. The highest BCUT2D eigenvalue weighted by atomic mass is 127. The highest BCUT2D eigenvalue weighted by molar-refractivity contribution is 14.0. The van der Waals surface area contributed by atoms with Crippen molar-refractivity contribution in [2.45, 2.75) is 13.1 Å². The first-order valence-corrected chi connectivity index (χ1v) is 10.6. The predicted octanol–water partition coefficient (Wildman–Crippen LogP) is 2.16. The molecule has 176 valence electrons. The molecule has 0 unspecified atom stereocenters. The number of rotatable bonds is 6. The molecule has 9 nitrogen and oxygen atoms in total. The molecule has 1 aromatic carbocycles. The van der Waals surface area contributed by atoms with Gasteiger partial charge < -0.3 is 20.4 Å². The number of nitrogens with zero attached hydrogens (tertiary/aromatic N) is 7. The highest BCUT2D eigenvalue weighted by Crippen LogP contribution is 2.20. The van der Waals surface area contributed by atoms with Gasteiger partial charge in [0.1, 0.15) is 23.8 Å². The standard InChI is InChI=1S/C22H28FN9.HI/c1-24-22(27-15-21-28-16-29-30(21)2)26-14-17-7-8-25-20(13-17)32-11-9-31(10-12-32)19-5-3-18(23)4-6-19;/h3-8,13,16H,9-12,14-15H2,1-2H3,(H2,24,26,27);1H. The molecule has 1 fully saturated rings. The van der Waals surface area contributed by atoms with E-state index >= 15 is 0 Å². The predicted molar refractivity (Wildman–Crippen MR) is 139 cm³/mol. The SMILES string of the molecule is CN=C(NCc1ccnc(N2CCN(c3ccc(F)cc3)CC2)c1)NCc1ncnn1C.I. The van der Waals surface area contributed by atoms with Gasteiger partial charge in [-0.25, -0.2) is 14.4 Å². The van der Waals surface area contributed by atoms with Gasteiger partial charge in [0.05, 0.1) is 6.54 Å². The van der Waals surface area contributed by atoms with Crippen LogP contribution in [0.2, 0.25) is 0 Å². The van der Waals surface area contributed by atoms with E-state index < -0.39 is 0 Å². The summed E-state index contributed by atoms with van der Waals surface area (Å²) in [6.07, 6.45) is 3.37. The normalized spacial score (nSPS) is 14.1. The minimum atomic E-state index is -0.206. The topological polar surface area (TPSA) is 86.5 Å². The van der Waals surface area contributed by atoms with Crippen LogP contribution in [0.1, 0.15) is 11.4 Å². The van der Waals surface area contributed by atoms with E-state index in [2.05, 4.69) is 46.6 Å². The van der Waals surface area contributed by atoms with E-state index in [-0.39, 0.29) is 29.8 Å². The Hall–Kier alpha value is -2.96. The summed E-state index contributed by atoms with van der Waals surface area (Å²) in [5, 5.41) is 10.6. The monoisotopic (exact) mass is 565 g/mol. The largest absolute Gasteiger partial charge is 0.368 e. The van der Waals surface area contributed by atoms with Crippen LogP contribution in [-0.4, -0.2) is 58.9 Å². The van der Waals surface area contributed by atoms with Crippen molar-refractivity contribution in [3.8, 4) is 0 Å². The van der Waals surface area contributed by atoms with Gasteiger partial charge in [0.25, 0.3) is 0 Å². The Bertz CT molecular complexity index is 1050. The molecule has 0 spiro atoms. The van der Waals surface area contributed by atoms with Crippen molar-refractivity contribution >= 4 is 41.4 Å². The summed E-state index contributed by atoms with van der Waals surface area (Å²) in [5.41, 5.74) is 2.18. The molecule has 2 aromatic heterocycles. The maximum atomic E-state index is 13.2. The zero-order valence-corrected chi connectivity index (χ0v) is 21.1. The summed E-state index contributed by atoms with van der Waals surface area (Å²) in [5.74, 6) is 2.28. The van der Waals surface area contributed by atoms with Gasteiger partial charge in [-0.3, -0.25) is 9.67 Å². The number of nitrogens with one attached hydrogen (secondary N) is 2. The lowest BCUT2D eigenvalue weighted by Crippen LogP contribution is -2.46. The number of anilines is 2. The number of halogens is 2. The Morgan fingerprint density at radius 3 is 2.36 bits per heavy atom. The number of aryl methyl sites for hydroxylation is 1. The summed E-state index contributed by atoms with van der Waals surface area (Å²) >= 11 is 0. The summed E-state index contributed by atoms with van der Waals surface area (Å²) in [4.78, 5) is 17.6. The van der Waals surface area contributed by atoms with E-state index in [1.165, 1.54) is 18.5 Å². The molecule has 0 aliphatic carbocycles. The van der Waals surface area contributed by atoms with Crippen molar-refractivity contribution < 1.29 is 4.39 Å². The van der Waals surface area contributed by atoms with Crippen LogP contribution in [0.3, 0.4) is 0 Å². The second kappa shape index (κ2) is 11.8. The average molecular weight is 565 g/mol. The Balaban J connectivity index is 0.00000306. The van der Waals surface area contributed by atoms with Crippen LogP contribution in [0.15, 0.2) is 53.9 Å². The first kappa shape index (κ1) is 24.7. The van der Waals surface area contributed by atoms with Crippen molar-refractivity contribution in [2.75, 3.05) is 43.0 Å². The van der Waals surface area contributed by atoms with Crippen LogP contribution in [-0.2, 0) is 20.1 Å². The third-order valence-corrected chi connectivity index (χ3v) is 5.51. The van der Waals surface area contributed by atoms with Crippen molar-refractivity contribution in [1.82, 2.24) is 30.4 Å². The van der Waals surface area contributed by atoms with Gasteiger partial charge in [0.2, 0.25) is 0 Å². The van der Waals surface area contributed by atoms with E-state index in [1.54, 1.807) is 11.7 Å². The number of guanidine groups is 1. The average Bonchev–Trinajstić information content (AvgIpc) is 3.24. The molecule has 3 aromatic rings. The summed E-state index contributed by atoms with van der Waals surface area (Å²) in [6, 6.07) is 10.8. The number of aliphatic imine (C=N–C) groups is 1. The molecule has 0 amide bonds. The lowest BCUT2D eigenvalue weighted by Gasteiger charge is -2.36. The number of hydrogen-bond acceptors (Lipinski definition) is 6. The third kappa shape index (κ3) is 6.53. The molecular formula is C22H29FIN9. The van der Waals surface area contributed by atoms with Crippen molar-refractivity contribution in [3.63, 3.8) is 0 Å². The van der Waals surface area contributed by atoms with E-state index in [4.69, 9.17) is 0 Å². The fourth-order valence-electron chi connectivity index (χ4n) is 3.64. The van der Waals surface area contributed by atoms with Crippen LogP contribution in [0.25, 0.3) is 0 Å². The molecule has 4 rings (SSSR count). The van der Waals surface area contributed by atoms with Crippen molar-refractivity contribution in [2.24, 2.45) is 12.0 Å². The van der Waals surface area contributed by atoms with Crippen LogP contribution in [0.5, 0.6) is 0 Å². The Labute approximate surface area is 210 Å². The van der Waals surface area contributed by atoms with E-state index in [9.17, 15) is 4.39 Å². The Morgan fingerprint density at radius 1 is 1.00 bits per heavy atom. The molecule has 0 atom stereocenters. The minimum Gasteiger partial charge on any atom is -0.368 e. The van der Waals surface area contributed by atoms with Gasteiger partial charge in [-0.15, -0.1) is 24.0 Å². The zero-order chi connectivity index (χ0) is 22.3. The number of pyridine rings is 1. The third-order valence-electron chi connectivity index (χ3n) is 5.51. The Morgan fingerprint density at radius 2 is 1.70 bits per heavy atom. The first-order chi connectivity index (χ1) is 15.6. The zero-order valence-electron chi connectivity index (χ0n) is 18.8. The first-order valence-electron chi connectivity index (χ1n) is 10.6. The molecule has 33 heavy (non-hydrogen) atoms. The maximum absolute atomic E-state index is 13.2. The summed E-state index contributed by atoms with van der Waals surface area (Å²) < 4.78 is 14.9. The van der Waals surface area contributed by atoms with Gasteiger partial charge >= 0.3 is 0 Å².